The van der Waals surface area contributed by atoms with Crippen molar-refractivity contribution in [2.24, 2.45) is 0 Å². The molecule has 2 heterocycles. The van der Waals surface area contributed by atoms with Crippen LogP contribution in [0.5, 0.6) is 0 Å². The summed E-state index contributed by atoms with van der Waals surface area (Å²) >= 11 is 0. The van der Waals surface area contributed by atoms with Gasteiger partial charge in [-0.15, -0.1) is 0 Å². The maximum Gasteiger partial charge on any atom is 0.0780 e. The van der Waals surface area contributed by atoms with E-state index in [0.29, 0.717) is 0 Å². The van der Waals surface area contributed by atoms with Gasteiger partial charge in [-0.05, 0) is 23.6 Å². The normalized spacial score (nSPS) is 9.93. The first kappa shape index (κ1) is 18.9. The fourth-order valence-electron chi connectivity index (χ4n) is 2.96. The zero-order chi connectivity index (χ0) is 17.6. The third-order valence-electron chi connectivity index (χ3n) is 4.23. The van der Waals surface area contributed by atoms with E-state index in [1.165, 1.54) is 21.7 Å². The molecule has 0 aliphatic heterocycles. The molecule has 0 amide bonds. The van der Waals surface area contributed by atoms with Gasteiger partial charge in [0.15, 0.2) is 0 Å². The van der Waals surface area contributed by atoms with E-state index in [2.05, 4.69) is 58.5 Å². The predicted octanol–water partition coefficient (Wildman–Crippen LogP) is 6.13. The Labute approximate surface area is 172 Å². The van der Waals surface area contributed by atoms with Gasteiger partial charge < -0.3 is 0 Å². The van der Waals surface area contributed by atoms with Gasteiger partial charge >= 0.3 is 0 Å². The maximum absolute atomic E-state index is 4.48. The van der Waals surface area contributed by atoms with Gasteiger partial charge in [0.1, 0.15) is 0 Å². The van der Waals surface area contributed by atoms with Crippen LogP contribution in [-0.4, -0.2) is 9.97 Å². The van der Waals surface area contributed by atoms with E-state index in [1.54, 1.807) is 0 Å². The van der Waals surface area contributed by atoms with Crippen molar-refractivity contribution in [2.75, 3.05) is 0 Å². The van der Waals surface area contributed by atoms with E-state index in [-0.39, 0.29) is 20.1 Å². The molecule has 0 atom stereocenters. The Balaban J connectivity index is 0.000000166. The summed E-state index contributed by atoms with van der Waals surface area (Å²) in [6, 6.07) is 32.8. The summed E-state index contributed by atoms with van der Waals surface area (Å²) < 4.78 is 0. The summed E-state index contributed by atoms with van der Waals surface area (Å²) in [4.78, 5) is 8.66. The van der Waals surface area contributed by atoms with Crippen molar-refractivity contribution in [3.8, 4) is 11.3 Å². The molecule has 0 aliphatic carbocycles. The van der Waals surface area contributed by atoms with Gasteiger partial charge in [0.25, 0.3) is 0 Å². The SMILES string of the molecule is [Ir].c1ccc(-c2nccc3ccccc23)cc1.c1ccc2ncccc2c1. The number of rotatable bonds is 1. The van der Waals surface area contributed by atoms with E-state index in [1.807, 2.05) is 60.9 Å². The molecule has 5 rings (SSSR count). The Bertz CT molecular complexity index is 1070. The number of aromatic nitrogens is 2. The second-order valence-corrected chi connectivity index (χ2v) is 5.94. The number of benzene rings is 3. The average Bonchev–Trinajstić information content (AvgIpc) is 2.74. The Kier molecular flexibility index (Phi) is 6.43. The molecule has 2 nitrogen and oxygen atoms in total. The first-order chi connectivity index (χ1) is 12.9. The van der Waals surface area contributed by atoms with Gasteiger partial charge in [-0.3, -0.25) is 9.97 Å². The number of para-hydroxylation sites is 1. The molecule has 3 heteroatoms. The van der Waals surface area contributed by atoms with E-state index < -0.39 is 0 Å². The maximum atomic E-state index is 4.48. The van der Waals surface area contributed by atoms with Crippen molar-refractivity contribution in [2.45, 2.75) is 0 Å². The minimum atomic E-state index is 0. The predicted molar refractivity (Wildman–Crippen MR) is 109 cm³/mol. The largest absolute Gasteiger partial charge is 0.256 e. The van der Waals surface area contributed by atoms with Crippen LogP contribution in [0.3, 0.4) is 0 Å². The molecular formula is C24H18IrN2. The fourth-order valence-corrected chi connectivity index (χ4v) is 2.96. The Morgan fingerprint density at radius 1 is 0.481 bits per heavy atom. The minimum absolute atomic E-state index is 0. The van der Waals surface area contributed by atoms with Crippen LogP contribution >= 0.6 is 0 Å². The topological polar surface area (TPSA) is 25.8 Å². The second kappa shape index (κ2) is 9.18. The van der Waals surface area contributed by atoms with Gasteiger partial charge in [-0.25, -0.2) is 0 Å². The van der Waals surface area contributed by atoms with Crippen molar-refractivity contribution in [1.29, 1.82) is 0 Å². The molecule has 0 spiro atoms. The first-order valence-corrected chi connectivity index (χ1v) is 8.61. The second-order valence-electron chi connectivity index (χ2n) is 5.94. The van der Waals surface area contributed by atoms with Crippen LogP contribution in [-0.2, 0) is 20.1 Å². The summed E-state index contributed by atoms with van der Waals surface area (Å²) in [5.41, 5.74) is 3.28. The number of hydrogen-bond acceptors (Lipinski definition) is 2. The van der Waals surface area contributed by atoms with Crippen molar-refractivity contribution in [3.63, 3.8) is 0 Å². The summed E-state index contributed by atoms with van der Waals surface area (Å²) in [6.45, 7) is 0. The standard InChI is InChI=1S/C15H11N.C9H7N.Ir/c1-2-7-13(8-3-1)15-14-9-5-4-6-12(14)10-11-16-15;1-2-6-9-8(4-1)5-3-7-10-9;/h1-11H;1-7H;. The number of pyridine rings is 2. The van der Waals surface area contributed by atoms with E-state index in [4.69, 9.17) is 0 Å². The van der Waals surface area contributed by atoms with Crippen molar-refractivity contribution in [3.05, 3.63) is 109 Å². The van der Waals surface area contributed by atoms with Crippen molar-refractivity contribution >= 4 is 21.7 Å². The van der Waals surface area contributed by atoms with Gasteiger partial charge in [0.05, 0.1) is 11.2 Å². The van der Waals surface area contributed by atoms with Gasteiger partial charge in [0, 0.05) is 48.8 Å². The molecule has 0 unspecified atom stereocenters. The summed E-state index contributed by atoms with van der Waals surface area (Å²) in [7, 11) is 0. The third kappa shape index (κ3) is 4.46. The Hall–Kier alpha value is -2.87. The molecule has 0 saturated heterocycles. The van der Waals surface area contributed by atoms with E-state index in [0.717, 1.165) is 11.2 Å². The Morgan fingerprint density at radius 2 is 1.15 bits per heavy atom. The summed E-state index contributed by atoms with van der Waals surface area (Å²) in [5.74, 6) is 0. The number of nitrogens with zero attached hydrogens (tertiary/aromatic N) is 2. The van der Waals surface area contributed by atoms with Crippen molar-refractivity contribution in [1.82, 2.24) is 9.97 Å². The van der Waals surface area contributed by atoms with Crippen LogP contribution in [0.15, 0.2) is 109 Å². The average molecular weight is 527 g/mol. The number of fused-ring (bicyclic) bond motifs is 2. The van der Waals surface area contributed by atoms with E-state index in [9.17, 15) is 0 Å². The zero-order valence-corrected chi connectivity index (χ0v) is 17.0. The molecular weight excluding hydrogens is 508 g/mol. The van der Waals surface area contributed by atoms with Crippen LogP contribution in [0.2, 0.25) is 0 Å². The molecule has 0 bridgehead atoms. The molecule has 0 aliphatic rings. The van der Waals surface area contributed by atoms with Crippen LogP contribution in [0.4, 0.5) is 0 Å². The molecule has 5 aromatic rings. The molecule has 0 N–H and O–H groups in total. The molecule has 0 saturated carbocycles. The molecule has 27 heavy (non-hydrogen) atoms. The molecule has 1 radical (unpaired) electrons. The van der Waals surface area contributed by atoms with Crippen LogP contribution in [0.1, 0.15) is 0 Å². The third-order valence-corrected chi connectivity index (χ3v) is 4.23. The summed E-state index contributed by atoms with van der Waals surface area (Å²) in [5, 5.41) is 3.64. The molecule has 2 aromatic heterocycles. The van der Waals surface area contributed by atoms with Gasteiger partial charge in [-0.2, -0.15) is 0 Å². The fraction of sp³-hybridized carbons (Fsp3) is 0. The smallest absolute Gasteiger partial charge is 0.0780 e. The minimum Gasteiger partial charge on any atom is -0.256 e. The van der Waals surface area contributed by atoms with Crippen LogP contribution in [0.25, 0.3) is 32.9 Å². The van der Waals surface area contributed by atoms with Crippen LogP contribution in [0, 0.1) is 0 Å². The summed E-state index contributed by atoms with van der Waals surface area (Å²) in [6.07, 6.45) is 3.67. The Morgan fingerprint density at radius 3 is 1.96 bits per heavy atom. The monoisotopic (exact) mass is 527 g/mol. The van der Waals surface area contributed by atoms with Gasteiger partial charge in [0.2, 0.25) is 0 Å². The molecule has 133 valence electrons. The van der Waals surface area contributed by atoms with Crippen LogP contribution < -0.4 is 0 Å². The first-order valence-electron chi connectivity index (χ1n) is 8.61. The van der Waals surface area contributed by atoms with Crippen molar-refractivity contribution < 1.29 is 20.1 Å². The zero-order valence-electron chi connectivity index (χ0n) is 14.6. The quantitative estimate of drug-likeness (QED) is 0.263. The molecule has 3 aromatic carbocycles. The van der Waals surface area contributed by atoms with E-state index >= 15 is 0 Å². The molecule has 0 fully saturated rings. The van der Waals surface area contributed by atoms with Gasteiger partial charge in [-0.1, -0.05) is 78.9 Å². The number of hydrogen-bond donors (Lipinski definition) is 0.